The van der Waals surface area contributed by atoms with Gasteiger partial charge in [-0.1, -0.05) is 48.5 Å². The Morgan fingerprint density at radius 3 is 2.26 bits per heavy atom. The van der Waals surface area contributed by atoms with Gasteiger partial charge in [0.2, 0.25) is 5.91 Å². The van der Waals surface area contributed by atoms with Crippen LogP contribution in [0.15, 0.2) is 60.7 Å². The summed E-state index contributed by atoms with van der Waals surface area (Å²) >= 11 is 0. The molecule has 3 heteroatoms. The van der Waals surface area contributed by atoms with Crippen molar-refractivity contribution in [3.63, 3.8) is 0 Å². The Kier molecular flexibility index (Phi) is 4.77. The maximum absolute atomic E-state index is 12.3. The van der Waals surface area contributed by atoms with E-state index in [0.717, 1.165) is 31.7 Å². The Labute approximate surface area is 137 Å². The average molecular weight is 306 g/mol. The van der Waals surface area contributed by atoms with Crippen LogP contribution in [0.5, 0.6) is 0 Å². The highest BCUT2D eigenvalue weighted by atomic mass is 16.2. The Morgan fingerprint density at radius 1 is 0.913 bits per heavy atom. The molecule has 0 spiro atoms. The molecule has 0 N–H and O–H groups in total. The van der Waals surface area contributed by atoms with Gasteiger partial charge < -0.3 is 9.80 Å². The molecule has 2 aromatic rings. The fourth-order valence-electron chi connectivity index (χ4n) is 2.92. The van der Waals surface area contributed by atoms with Gasteiger partial charge in [0.15, 0.2) is 0 Å². The van der Waals surface area contributed by atoms with Crippen LogP contribution in [0.2, 0.25) is 0 Å². The predicted octanol–water partition coefficient (Wildman–Crippen LogP) is 3.36. The van der Waals surface area contributed by atoms with Gasteiger partial charge in [0.05, 0.1) is 0 Å². The predicted molar refractivity (Wildman–Crippen MR) is 95.4 cm³/mol. The largest absolute Gasteiger partial charge is 0.368 e. The van der Waals surface area contributed by atoms with Crippen LogP contribution in [0.25, 0.3) is 6.08 Å². The van der Waals surface area contributed by atoms with Gasteiger partial charge in [0, 0.05) is 37.9 Å². The first-order valence-electron chi connectivity index (χ1n) is 8.06. The number of carbonyl (C=O) groups excluding carboxylic acids is 1. The van der Waals surface area contributed by atoms with Crippen molar-refractivity contribution in [2.24, 2.45) is 0 Å². The summed E-state index contributed by atoms with van der Waals surface area (Å²) in [6.07, 6.45) is 3.56. The number of piperazine rings is 1. The van der Waals surface area contributed by atoms with Crippen molar-refractivity contribution in [3.05, 3.63) is 71.8 Å². The number of anilines is 1. The number of hydrogen-bond donors (Lipinski definition) is 0. The summed E-state index contributed by atoms with van der Waals surface area (Å²) in [6.45, 7) is 5.44. The van der Waals surface area contributed by atoms with E-state index in [-0.39, 0.29) is 5.91 Å². The number of nitrogens with zero attached hydrogens (tertiary/aromatic N) is 2. The normalized spacial score (nSPS) is 15.2. The number of carbonyl (C=O) groups is 1. The molecule has 0 aromatic heterocycles. The first-order chi connectivity index (χ1) is 11.2. The number of benzene rings is 2. The summed E-state index contributed by atoms with van der Waals surface area (Å²) in [5, 5.41) is 0. The lowest BCUT2D eigenvalue weighted by atomic mass is 10.1. The highest BCUT2D eigenvalue weighted by molar-refractivity contribution is 5.92. The molecule has 1 amide bonds. The lowest BCUT2D eigenvalue weighted by molar-refractivity contribution is -0.126. The van der Waals surface area contributed by atoms with E-state index in [1.54, 1.807) is 6.08 Å². The van der Waals surface area contributed by atoms with Gasteiger partial charge in [-0.05, 0) is 30.2 Å². The molecular formula is C20H22N2O. The molecule has 1 aliphatic rings. The van der Waals surface area contributed by atoms with E-state index in [9.17, 15) is 4.79 Å². The van der Waals surface area contributed by atoms with Gasteiger partial charge in [0.25, 0.3) is 0 Å². The molecule has 0 unspecified atom stereocenters. The second-order valence-electron chi connectivity index (χ2n) is 5.84. The molecule has 1 saturated heterocycles. The van der Waals surface area contributed by atoms with E-state index >= 15 is 0 Å². The zero-order valence-electron chi connectivity index (χ0n) is 13.5. The van der Waals surface area contributed by atoms with Crippen molar-refractivity contribution in [2.75, 3.05) is 31.1 Å². The van der Waals surface area contributed by atoms with E-state index < -0.39 is 0 Å². The summed E-state index contributed by atoms with van der Waals surface area (Å²) in [7, 11) is 0. The monoisotopic (exact) mass is 306 g/mol. The minimum absolute atomic E-state index is 0.0956. The van der Waals surface area contributed by atoms with Gasteiger partial charge in [-0.15, -0.1) is 0 Å². The summed E-state index contributed by atoms with van der Waals surface area (Å²) in [4.78, 5) is 16.6. The molecule has 0 atom stereocenters. The van der Waals surface area contributed by atoms with Crippen LogP contribution in [0, 0.1) is 6.92 Å². The van der Waals surface area contributed by atoms with E-state index in [1.165, 1.54) is 11.3 Å². The molecule has 0 bridgehead atoms. The Bertz CT molecular complexity index is 686. The maximum Gasteiger partial charge on any atom is 0.246 e. The molecule has 1 fully saturated rings. The van der Waals surface area contributed by atoms with Gasteiger partial charge in [-0.3, -0.25) is 4.79 Å². The zero-order valence-corrected chi connectivity index (χ0v) is 13.5. The highest BCUT2D eigenvalue weighted by Crippen LogP contribution is 2.20. The first kappa shape index (κ1) is 15.3. The number of amides is 1. The quantitative estimate of drug-likeness (QED) is 0.812. The lowest BCUT2D eigenvalue weighted by Gasteiger charge is -2.36. The Balaban J connectivity index is 1.57. The zero-order chi connectivity index (χ0) is 16.1. The second-order valence-corrected chi connectivity index (χ2v) is 5.84. The molecule has 23 heavy (non-hydrogen) atoms. The molecule has 0 radical (unpaired) electrons. The summed E-state index contributed by atoms with van der Waals surface area (Å²) < 4.78 is 0. The fraction of sp³-hybridized carbons (Fsp3) is 0.250. The van der Waals surface area contributed by atoms with Crippen LogP contribution in [0.3, 0.4) is 0 Å². The van der Waals surface area contributed by atoms with Gasteiger partial charge >= 0.3 is 0 Å². The molecular weight excluding hydrogens is 284 g/mol. The van der Waals surface area contributed by atoms with Crippen molar-refractivity contribution in [2.45, 2.75) is 6.92 Å². The molecule has 1 aliphatic heterocycles. The van der Waals surface area contributed by atoms with Gasteiger partial charge in [-0.25, -0.2) is 0 Å². The Morgan fingerprint density at radius 2 is 1.57 bits per heavy atom. The Hall–Kier alpha value is -2.55. The molecule has 2 aromatic carbocycles. The van der Waals surface area contributed by atoms with Crippen LogP contribution in [-0.2, 0) is 4.79 Å². The maximum atomic E-state index is 12.3. The second kappa shape index (κ2) is 7.14. The highest BCUT2D eigenvalue weighted by Gasteiger charge is 2.20. The summed E-state index contributed by atoms with van der Waals surface area (Å²) in [6, 6.07) is 18.4. The van der Waals surface area contributed by atoms with Crippen molar-refractivity contribution < 1.29 is 4.79 Å². The number of aryl methyl sites for hydroxylation is 1. The van der Waals surface area contributed by atoms with Crippen LogP contribution >= 0.6 is 0 Å². The third kappa shape index (κ3) is 3.81. The molecule has 0 saturated carbocycles. The minimum atomic E-state index is 0.0956. The summed E-state index contributed by atoms with van der Waals surface area (Å²) in [5.74, 6) is 0.0956. The smallest absolute Gasteiger partial charge is 0.246 e. The molecule has 3 nitrogen and oxygen atoms in total. The van der Waals surface area contributed by atoms with Crippen LogP contribution in [0.4, 0.5) is 5.69 Å². The third-order valence-corrected chi connectivity index (χ3v) is 4.27. The van der Waals surface area contributed by atoms with Crippen molar-refractivity contribution in [1.29, 1.82) is 0 Å². The number of para-hydroxylation sites is 1. The SMILES string of the molecule is Cc1ccccc1N1CCN(C(=O)/C=C/c2ccccc2)CC1. The van der Waals surface area contributed by atoms with Crippen molar-refractivity contribution in [3.8, 4) is 0 Å². The summed E-state index contributed by atoms with van der Waals surface area (Å²) in [5.41, 5.74) is 3.62. The standard InChI is InChI=1S/C20H22N2O/c1-17-7-5-6-10-19(17)21-13-15-22(16-14-21)20(23)12-11-18-8-3-2-4-9-18/h2-12H,13-16H2,1H3/b12-11+. The topological polar surface area (TPSA) is 23.6 Å². The molecule has 1 heterocycles. The van der Waals surface area contributed by atoms with Gasteiger partial charge in [0.1, 0.15) is 0 Å². The molecule has 0 aliphatic carbocycles. The first-order valence-corrected chi connectivity index (χ1v) is 8.06. The van der Waals surface area contributed by atoms with Gasteiger partial charge in [-0.2, -0.15) is 0 Å². The van der Waals surface area contributed by atoms with E-state index in [2.05, 4.69) is 36.1 Å². The van der Waals surface area contributed by atoms with Crippen molar-refractivity contribution >= 4 is 17.7 Å². The molecule has 118 valence electrons. The number of hydrogen-bond acceptors (Lipinski definition) is 2. The van der Waals surface area contributed by atoms with Crippen LogP contribution in [-0.4, -0.2) is 37.0 Å². The third-order valence-electron chi connectivity index (χ3n) is 4.27. The minimum Gasteiger partial charge on any atom is -0.368 e. The van der Waals surface area contributed by atoms with Crippen molar-refractivity contribution in [1.82, 2.24) is 4.90 Å². The fourth-order valence-corrected chi connectivity index (χ4v) is 2.92. The number of rotatable bonds is 3. The van der Waals surface area contributed by atoms with Crippen LogP contribution < -0.4 is 4.90 Å². The van der Waals surface area contributed by atoms with E-state index in [4.69, 9.17) is 0 Å². The average Bonchev–Trinajstić information content (AvgIpc) is 2.61. The van der Waals surface area contributed by atoms with E-state index in [1.807, 2.05) is 41.3 Å². The van der Waals surface area contributed by atoms with Crippen LogP contribution in [0.1, 0.15) is 11.1 Å². The van der Waals surface area contributed by atoms with E-state index in [0.29, 0.717) is 0 Å². The molecule has 3 rings (SSSR count). The lowest BCUT2D eigenvalue weighted by Crippen LogP contribution is -2.48.